The van der Waals surface area contributed by atoms with E-state index >= 15 is 0 Å². The van der Waals surface area contributed by atoms with Crippen molar-refractivity contribution in [2.24, 2.45) is 0 Å². The van der Waals surface area contributed by atoms with E-state index in [0.29, 0.717) is 32.2 Å². The molecule has 2 amide bonds. The van der Waals surface area contributed by atoms with E-state index in [9.17, 15) is 9.59 Å². The third kappa shape index (κ3) is 5.22. The summed E-state index contributed by atoms with van der Waals surface area (Å²) in [5.41, 5.74) is 2.36. The molecule has 3 fully saturated rings. The Hall–Kier alpha value is -2.06. The monoisotopic (exact) mass is 454 g/mol. The second-order valence-electron chi connectivity index (χ2n) is 10.2. The molecule has 1 N–H and O–H groups in total. The second-order valence-corrected chi connectivity index (χ2v) is 10.2. The molecule has 1 aromatic heterocycles. The minimum Gasteiger partial charge on any atom is -0.334 e. The van der Waals surface area contributed by atoms with Crippen LogP contribution in [0.5, 0.6) is 0 Å². The van der Waals surface area contributed by atoms with Crippen molar-refractivity contribution in [3.8, 4) is 0 Å². The minimum atomic E-state index is -0.317. The summed E-state index contributed by atoms with van der Waals surface area (Å²) < 4.78 is 0. The predicted octanol–water partition coefficient (Wildman–Crippen LogP) is 1.70. The van der Waals surface area contributed by atoms with Crippen LogP contribution in [0.25, 0.3) is 0 Å². The lowest BCUT2D eigenvalue weighted by molar-refractivity contribution is -0.153. The lowest BCUT2D eigenvalue weighted by Gasteiger charge is -2.39. The summed E-state index contributed by atoms with van der Waals surface area (Å²) in [6.07, 6.45) is 11.8. The molecule has 0 bridgehead atoms. The highest BCUT2D eigenvalue weighted by atomic mass is 16.2. The van der Waals surface area contributed by atoms with Crippen molar-refractivity contribution in [3.05, 3.63) is 23.3 Å². The van der Waals surface area contributed by atoms with Gasteiger partial charge in [0.2, 0.25) is 0 Å². The maximum Gasteiger partial charge on any atom is 0.312 e. The van der Waals surface area contributed by atoms with Crippen LogP contribution in [-0.2, 0) is 22.6 Å². The Morgan fingerprint density at radius 2 is 1.64 bits per heavy atom. The largest absolute Gasteiger partial charge is 0.334 e. The van der Waals surface area contributed by atoms with Crippen LogP contribution >= 0.6 is 0 Å². The molecular formula is C25H38N6O2. The zero-order valence-electron chi connectivity index (χ0n) is 19.8. The van der Waals surface area contributed by atoms with Crippen LogP contribution in [0.1, 0.15) is 74.4 Å². The standard InChI is InChI=1S/C25H38N6O2/c32-24(25(33)31-13-5-6-21(18-31)29-11-3-1-2-4-12-29)30-14-8-19(9-15-30)23-27-17-20-16-26-10-7-22(20)28-23/h17,19,21,26H,1-16,18H2. The number of likely N-dealkylation sites (tertiary alicyclic amines) is 3. The number of nitrogens with one attached hydrogen (secondary N) is 1. The Morgan fingerprint density at radius 1 is 0.879 bits per heavy atom. The number of carbonyl (C=O) groups is 2. The third-order valence-electron chi connectivity index (χ3n) is 8.00. The first-order valence-electron chi connectivity index (χ1n) is 13.1. The van der Waals surface area contributed by atoms with Crippen molar-refractivity contribution in [2.75, 3.05) is 45.8 Å². The Morgan fingerprint density at radius 3 is 2.42 bits per heavy atom. The molecule has 0 saturated carbocycles. The highest BCUT2D eigenvalue weighted by Crippen LogP contribution is 2.27. The smallest absolute Gasteiger partial charge is 0.312 e. The molecule has 0 radical (unpaired) electrons. The molecule has 5 heterocycles. The number of hydrogen-bond acceptors (Lipinski definition) is 6. The zero-order valence-corrected chi connectivity index (χ0v) is 19.8. The Bertz CT molecular complexity index is 845. The molecular weight excluding hydrogens is 416 g/mol. The average molecular weight is 455 g/mol. The van der Waals surface area contributed by atoms with Crippen molar-refractivity contribution in [1.82, 2.24) is 30.0 Å². The van der Waals surface area contributed by atoms with E-state index in [1.54, 1.807) is 4.90 Å². The summed E-state index contributed by atoms with van der Waals surface area (Å²) in [7, 11) is 0. The molecule has 180 valence electrons. The first-order chi connectivity index (χ1) is 16.2. The Balaban J connectivity index is 1.14. The van der Waals surface area contributed by atoms with Crippen LogP contribution < -0.4 is 5.32 Å². The van der Waals surface area contributed by atoms with Crippen molar-refractivity contribution in [1.29, 1.82) is 0 Å². The molecule has 8 heteroatoms. The van der Waals surface area contributed by atoms with Crippen molar-refractivity contribution in [3.63, 3.8) is 0 Å². The van der Waals surface area contributed by atoms with Crippen molar-refractivity contribution in [2.45, 2.75) is 76.3 Å². The molecule has 33 heavy (non-hydrogen) atoms. The van der Waals surface area contributed by atoms with E-state index in [4.69, 9.17) is 4.98 Å². The number of amides is 2. The summed E-state index contributed by atoms with van der Waals surface area (Å²) in [6, 6.07) is 0.413. The van der Waals surface area contributed by atoms with Gasteiger partial charge >= 0.3 is 11.8 Å². The maximum absolute atomic E-state index is 13.1. The lowest BCUT2D eigenvalue weighted by atomic mass is 9.95. The fraction of sp³-hybridized carbons (Fsp3) is 0.760. The quantitative estimate of drug-likeness (QED) is 0.685. The average Bonchev–Trinajstić information content (AvgIpc) is 3.17. The predicted molar refractivity (Wildman–Crippen MR) is 126 cm³/mol. The number of piperidine rings is 2. The van der Waals surface area contributed by atoms with Gasteiger partial charge in [0, 0.05) is 75.1 Å². The van der Waals surface area contributed by atoms with E-state index in [-0.39, 0.29) is 17.7 Å². The molecule has 4 aliphatic heterocycles. The SMILES string of the molecule is O=C(C(=O)N1CCCC(N2CCCCCC2)C1)N1CCC(c2ncc3c(n2)CCNC3)CC1. The van der Waals surface area contributed by atoms with Gasteiger partial charge in [-0.15, -0.1) is 0 Å². The normalized spacial score (nSPS) is 25.4. The first kappa shape index (κ1) is 22.7. The highest BCUT2D eigenvalue weighted by Gasteiger charge is 2.35. The molecule has 3 saturated heterocycles. The third-order valence-corrected chi connectivity index (χ3v) is 8.00. The van der Waals surface area contributed by atoms with E-state index < -0.39 is 0 Å². The van der Waals surface area contributed by atoms with Crippen LogP contribution in [0.3, 0.4) is 0 Å². The molecule has 4 aliphatic rings. The summed E-state index contributed by atoms with van der Waals surface area (Å²) in [6.45, 7) is 6.72. The van der Waals surface area contributed by atoms with E-state index in [2.05, 4.69) is 15.2 Å². The van der Waals surface area contributed by atoms with Gasteiger partial charge < -0.3 is 15.1 Å². The fourth-order valence-electron chi connectivity index (χ4n) is 5.96. The maximum atomic E-state index is 13.1. The van der Waals surface area contributed by atoms with Gasteiger partial charge in [0.25, 0.3) is 0 Å². The van der Waals surface area contributed by atoms with Crippen LogP contribution in [-0.4, -0.2) is 88.3 Å². The molecule has 1 atom stereocenters. The summed E-state index contributed by atoms with van der Waals surface area (Å²) in [5.74, 6) is 0.560. The highest BCUT2D eigenvalue weighted by molar-refractivity contribution is 6.34. The lowest BCUT2D eigenvalue weighted by Crippen LogP contribution is -2.54. The van der Waals surface area contributed by atoms with Gasteiger partial charge in [0.1, 0.15) is 5.82 Å². The van der Waals surface area contributed by atoms with Crippen molar-refractivity contribution < 1.29 is 9.59 Å². The second kappa shape index (κ2) is 10.5. The van der Waals surface area contributed by atoms with Crippen LogP contribution in [0, 0.1) is 0 Å². The molecule has 1 unspecified atom stereocenters. The first-order valence-corrected chi connectivity index (χ1v) is 13.1. The van der Waals surface area contributed by atoms with Gasteiger partial charge in [0.05, 0.1) is 0 Å². The van der Waals surface area contributed by atoms with Crippen molar-refractivity contribution >= 4 is 11.8 Å². The number of nitrogens with zero attached hydrogens (tertiary/aromatic N) is 5. The number of aromatic nitrogens is 2. The number of carbonyl (C=O) groups excluding carboxylic acids is 2. The number of fused-ring (bicyclic) bond motifs is 1. The van der Waals surface area contributed by atoms with Crippen LogP contribution in [0.2, 0.25) is 0 Å². The van der Waals surface area contributed by atoms with Gasteiger partial charge in [0.15, 0.2) is 0 Å². The summed E-state index contributed by atoms with van der Waals surface area (Å²) >= 11 is 0. The summed E-state index contributed by atoms with van der Waals surface area (Å²) in [5, 5.41) is 3.36. The van der Waals surface area contributed by atoms with Gasteiger partial charge in [-0.25, -0.2) is 9.97 Å². The number of rotatable bonds is 2. The van der Waals surface area contributed by atoms with Gasteiger partial charge in [-0.2, -0.15) is 0 Å². The Kier molecular flexibility index (Phi) is 7.21. The van der Waals surface area contributed by atoms with Gasteiger partial charge in [-0.1, -0.05) is 12.8 Å². The van der Waals surface area contributed by atoms with Gasteiger partial charge in [-0.3, -0.25) is 14.5 Å². The van der Waals surface area contributed by atoms with Crippen LogP contribution in [0.15, 0.2) is 6.20 Å². The van der Waals surface area contributed by atoms with Gasteiger partial charge in [-0.05, 0) is 51.6 Å². The summed E-state index contributed by atoms with van der Waals surface area (Å²) in [4.78, 5) is 41.8. The topological polar surface area (TPSA) is 81.7 Å². The molecule has 5 rings (SSSR count). The fourth-order valence-corrected chi connectivity index (χ4v) is 5.96. The molecule has 1 aromatic rings. The zero-order chi connectivity index (χ0) is 22.6. The molecule has 0 aliphatic carbocycles. The number of hydrogen-bond donors (Lipinski definition) is 1. The minimum absolute atomic E-state index is 0.270. The molecule has 8 nitrogen and oxygen atoms in total. The molecule has 0 spiro atoms. The van der Waals surface area contributed by atoms with E-state index in [0.717, 1.165) is 69.8 Å². The Labute approximate surface area is 197 Å². The van der Waals surface area contributed by atoms with E-state index in [1.807, 2.05) is 11.1 Å². The molecule has 0 aromatic carbocycles. The van der Waals surface area contributed by atoms with E-state index in [1.165, 1.54) is 31.2 Å². The van der Waals surface area contributed by atoms with Crippen LogP contribution in [0.4, 0.5) is 0 Å².